The molecule has 1 aliphatic heterocycles. The van der Waals surface area contributed by atoms with E-state index >= 15 is 0 Å². The molecule has 3 atom stereocenters. The van der Waals surface area contributed by atoms with Crippen LogP contribution in [-0.2, 0) is 14.4 Å². The molecule has 2 N–H and O–H groups in total. The second-order valence-electron chi connectivity index (χ2n) is 4.24. The molecule has 1 fully saturated rings. The number of fused-ring (bicyclic) bond motifs is 1. The van der Waals surface area contributed by atoms with Crippen LogP contribution in [-0.4, -0.2) is 45.5 Å². The third-order valence-electron chi connectivity index (χ3n) is 3.31. The fourth-order valence-corrected chi connectivity index (χ4v) is 2.40. The van der Waals surface area contributed by atoms with E-state index in [4.69, 9.17) is 10.2 Å². The van der Waals surface area contributed by atoms with Gasteiger partial charge in [0.2, 0.25) is 11.8 Å². The number of carboxylic acid groups (broad SMARTS) is 1. The molecule has 1 saturated heterocycles. The van der Waals surface area contributed by atoms with Gasteiger partial charge in [-0.05, 0) is 12.8 Å². The summed E-state index contributed by atoms with van der Waals surface area (Å²) in [7, 11) is 0. The van der Waals surface area contributed by atoms with E-state index in [1.807, 2.05) is 12.2 Å². The number of amides is 2. The largest absolute Gasteiger partial charge is 0.480 e. The van der Waals surface area contributed by atoms with Crippen LogP contribution < -0.4 is 0 Å². The first-order chi connectivity index (χ1) is 8.07. The van der Waals surface area contributed by atoms with Gasteiger partial charge in [-0.15, -0.1) is 0 Å². The zero-order valence-electron chi connectivity index (χ0n) is 9.07. The van der Waals surface area contributed by atoms with Crippen LogP contribution >= 0.6 is 0 Å². The number of aliphatic hydroxyl groups excluding tert-OH is 1. The van der Waals surface area contributed by atoms with Crippen LogP contribution in [0.2, 0.25) is 0 Å². The molecule has 0 aromatic carbocycles. The van der Waals surface area contributed by atoms with Crippen LogP contribution in [0.15, 0.2) is 12.2 Å². The molecule has 2 aliphatic rings. The van der Waals surface area contributed by atoms with Gasteiger partial charge < -0.3 is 10.2 Å². The fourth-order valence-electron chi connectivity index (χ4n) is 2.40. The fraction of sp³-hybridized carbons (Fsp3) is 0.545. The maximum Gasteiger partial charge on any atom is 0.329 e. The lowest BCUT2D eigenvalue weighted by atomic mass is 9.85. The predicted octanol–water partition coefficient (Wildman–Crippen LogP) is -0.617. The number of hydrogen-bond acceptors (Lipinski definition) is 4. The van der Waals surface area contributed by atoms with Crippen LogP contribution in [0.5, 0.6) is 0 Å². The number of hydrogen-bond donors (Lipinski definition) is 2. The summed E-state index contributed by atoms with van der Waals surface area (Å²) in [6, 6.07) is -1.46. The summed E-state index contributed by atoms with van der Waals surface area (Å²) < 4.78 is 0. The van der Waals surface area contributed by atoms with Gasteiger partial charge in [-0.25, -0.2) is 4.79 Å². The maximum atomic E-state index is 12.0. The monoisotopic (exact) mass is 239 g/mol. The van der Waals surface area contributed by atoms with Gasteiger partial charge in [0.1, 0.15) is 0 Å². The van der Waals surface area contributed by atoms with Gasteiger partial charge in [-0.3, -0.25) is 14.5 Å². The minimum Gasteiger partial charge on any atom is -0.480 e. The minimum atomic E-state index is -1.46. The van der Waals surface area contributed by atoms with Crippen LogP contribution in [0.4, 0.5) is 0 Å². The Morgan fingerprint density at radius 2 is 1.76 bits per heavy atom. The smallest absolute Gasteiger partial charge is 0.329 e. The number of nitrogens with zero attached hydrogens (tertiary/aromatic N) is 1. The number of carbonyl (C=O) groups excluding carboxylic acids is 2. The molecule has 92 valence electrons. The minimum absolute atomic E-state index is 0.458. The number of carbonyl (C=O) groups is 3. The van der Waals surface area contributed by atoms with Gasteiger partial charge in [0.25, 0.3) is 0 Å². The molecular formula is C11H13NO5. The first-order valence-electron chi connectivity index (χ1n) is 5.43. The van der Waals surface area contributed by atoms with Crippen molar-refractivity contribution in [2.45, 2.75) is 18.9 Å². The highest BCUT2D eigenvalue weighted by Gasteiger charge is 2.51. The van der Waals surface area contributed by atoms with Crippen molar-refractivity contribution in [1.29, 1.82) is 0 Å². The van der Waals surface area contributed by atoms with Crippen molar-refractivity contribution in [3.05, 3.63) is 12.2 Å². The molecule has 1 aliphatic carbocycles. The quantitative estimate of drug-likeness (QED) is 0.505. The standard InChI is InChI=1S/C11H13NO5/c13-5-8(11(16)17)12-9(14)6-3-1-2-4-7(6)10(12)15/h1-2,6-8,13H,3-5H2,(H,16,17). The molecular weight excluding hydrogens is 226 g/mol. The number of imide groups is 1. The number of aliphatic carboxylic acids is 1. The zero-order valence-corrected chi connectivity index (χ0v) is 9.07. The summed E-state index contributed by atoms with van der Waals surface area (Å²) in [5.74, 6) is -3.24. The van der Waals surface area contributed by atoms with Crippen molar-refractivity contribution in [1.82, 2.24) is 4.90 Å². The number of likely N-dealkylation sites (tertiary alicyclic amines) is 1. The summed E-state index contributed by atoms with van der Waals surface area (Å²) in [6.45, 7) is -0.750. The van der Waals surface area contributed by atoms with Gasteiger partial charge in [0.15, 0.2) is 6.04 Å². The third kappa shape index (κ3) is 1.74. The van der Waals surface area contributed by atoms with E-state index < -0.39 is 42.3 Å². The van der Waals surface area contributed by atoms with Crippen LogP contribution in [0.25, 0.3) is 0 Å². The zero-order chi connectivity index (χ0) is 12.6. The molecule has 3 unspecified atom stereocenters. The van der Waals surface area contributed by atoms with Crippen molar-refractivity contribution in [3.63, 3.8) is 0 Å². The Hall–Kier alpha value is -1.69. The van der Waals surface area contributed by atoms with E-state index in [0.29, 0.717) is 17.7 Å². The van der Waals surface area contributed by atoms with Gasteiger partial charge in [0.05, 0.1) is 18.4 Å². The number of rotatable bonds is 3. The third-order valence-corrected chi connectivity index (χ3v) is 3.31. The van der Waals surface area contributed by atoms with Crippen molar-refractivity contribution in [2.24, 2.45) is 11.8 Å². The highest BCUT2D eigenvalue weighted by molar-refractivity contribution is 6.08. The maximum absolute atomic E-state index is 12.0. The van der Waals surface area contributed by atoms with Crippen molar-refractivity contribution in [3.8, 4) is 0 Å². The van der Waals surface area contributed by atoms with E-state index in [9.17, 15) is 14.4 Å². The predicted molar refractivity (Wildman–Crippen MR) is 55.7 cm³/mol. The Balaban J connectivity index is 2.28. The van der Waals surface area contributed by atoms with E-state index in [1.54, 1.807) is 0 Å². The molecule has 6 heteroatoms. The van der Waals surface area contributed by atoms with Crippen molar-refractivity contribution >= 4 is 17.8 Å². The molecule has 0 radical (unpaired) electrons. The topological polar surface area (TPSA) is 94.9 Å². The summed E-state index contributed by atoms with van der Waals surface area (Å²) in [4.78, 5) is 35.5. The Bertz CT molecular complexity index is 377. The van der Waals surface area contributed by atoms with Crippen molar-refractivity contribution < 1.29 is 24.6 Å². The van der Waals surface area contributed by atoms with E-state index in [-0.39, 0.29) is 0 Å². The summed E-state index contributed by atoms with van der Waals surface area (Å²) in [5, 5.41) is 17.9. The average molecular weight is 239 g/mol. The van der Waals surface area contributed by atoms with E-state index in [1.165, 1.54) is 0 Å². The van der Waals surface area contributed by atoms with E-state index in [0.717, 1.165) is 0 Å². The number of aliphatic hydroxyl groups is 1. The highest BCUT2D eigenvalue weighted by atomic mass is 16.4. The molecule has 6 nitrogen and oxygen atoms in total. The average Bonchev–Trinajstić information content (AvgIpc) is 2.56. The Kier molecular flexibility index (Phi) is 2.97. The number of allylic oxidation sites excluding steroid dienone is 2. The van der Waals surface area contributed by atoms with Crippen LogP contribution in [0.1, 0.15) is 12.8 Å². The van der Waals surface area contributed by atoms with Gasteiger partial charge in [-0.1, -0.05) is 12.2 Å². The van der Waals surface area contributed by atoms with Gasteiger partial charge >= 0.3 is 5.97 Å². The first-order valence-corrected chi connectivity index (χ1v) is 5.43. The van der Waals surface area contributed by atoms with Gasteiger partial charge in [0, 0.05) is 0 Å². The molecule has 2 rings (SSSR count). The molecule has 0 saturated carbocycles. The molecule has 0 bridgehead atoms. The second kappa shape index (κ2) is 4.29. The lowest BCUT2D eigenvalue weighted by Gasteiger charge is -2.20. The Labute approximate surface area is 97.5 Å². The lowest BCUT2D eigenvalue weighted by molar-refractivity contribution is -0.156. The molecule has 0 aromatic heterocycles. The molecule has 2 amide bonds. The Morgan fingerprint density at radius 1 is 1.29 bits per heavy atom. The summed E-state index contributed by atoms with van der Waals surface area (Å²) >= 11 is 0. The second-order valence-corrected chi connectivity index (χ2v) is 4.24. The molecule has 0 spiro atoms. The normalized spacial score (nSPS) is 29.4. The SMILES string of the molecule is O=C(O)C(CO)N1C(=O)C2CC=CCC2C1=O. The van der Waals surface area contributed by atoms with Crippen molar-refractivity contribution in [2.75, 3.05) is 6.61 Å². The lowest BCUT2D eigenvalue weighted by Crippen LogP contribution is -2.47. The van der Waals surface area contributed by atoms with Gasteiger partial charge in [-0.2, -0.15) is 0 Å². The molecule has 0 aromatic rings. The highest BCUT2D eigenvalue weighted by Crippen LogP contribution is 2.35. The summed E-state index contributed by atoms with van der Waals surface area (Å²) in [6.07, 6.45) is 4.57. The van der Waals surface area contributed by atoms with E-state index in [2.05, 4.69) is 0 Å². The number of carboxylic acids is 1. The van der Waals surface area contributed by atoms with Crippen LogP contribution in [0, 0.1) is 11.8 Å². The summed E-state index contributed by atoms with van der Waals surface area (Å²) in [5.41, 5.74) is 0. The van der Waals surface area contributed by atoms with Crippen LogP contribution in [0.3, 0.4) is 0 Å². The first kappa shape index (κ1) is 11.8. The molecule has 17 heavy (non-hydrogen) atoms. The molecule has 1 heterocycles. The Morgan fingerprint density at radius 3 is 2.12 bits per heavy atom.